The Kier molecular flexibility index (Phi) is 6.08. The second-order valence-corrected chi connectivity index (χ2v) is 8.73. The van der Waals surface area contributed by atoms with E-state index in [9.17, 15) is 13.2 Å². The number of benzene rings is 2. The number of hydrogen-bond acceptors (Lipinski definition) is 4. The van der Waals surface area contributed by atoms with E-state index < -0.39 is 10.0 Å². The van der Waals surface area contributed by atoms with E-state index in [4.69, 9.17) is 4.74 Å². The Morgan fingerprint density at radius 2 is 1.93 bits per heavy atom. The first-order valence-corrected chi connectivity index (χ1v) is 10.8. The zero-order valence-electron chi connectivity index (χ0n) is 16.1. The SMILES string of the molecule is COc1ccc(CCNC(=O)Nc2cc(N3CCCS3(=O)=O)ccc2C)cc1. The molecule has 150 valence electrons. The highest BCUT2D eigenvalue weighted by molar-refractivity contribution is 7.93. The highest BCUT2D eigenvalue weighted by atomic mass is 32.2. The lowest BCUT2D eigenvalue weighted by Gasteiger charge is -2.19. The topological polar surface area (TPSA) is 87.7 Å². The summed E-state index contributed by atoms with van der Waals surface area (Å²) in [4.78, 5) is 12.2. The summed E-state index contributed by atoms with van der Waals surface area (Å²) in [6, 6.07) is 12.7. The molecule has 2 aromatic carbocycles. The third-order valence-corrected chi connectivity index (χ3v) is 6.58. The quantitative estimate of drug-likeness (QED) is 0.776. The standard InChI is InChI=1S/C20H25N3O4S/c1-15-4-7-17(23-12-3-13-28(23,25)26)14-19(15)22-20(24)21-11-10-16-5-8-18(27-2)9-6-16/h4-9,14H,3,10-13H2,1-2H3,(H2,21,22,24). The monoisotopic (exact) mass is 403 g/mol. The summed E-state index contributed by atoms with van der Waals surface area (Å²) >= 11 is 0. The predicted molar refractivity (Wildman–Crippen MR) is 111 cm³/mol. The molecule has 0 atom stereocenters. The molecular weight excluding hydrogens is 378 g/mol. The molecule has 0 unspecified atom stereocenters. The van der Waals surface area contributed by atoms with Crippen LogP contribution in [0.3, 0.4) is 0 Å². The number of aryl methyl sites for hydroxylation is 1. The van der Waals surface area contributed by atoms with Gasteiger partial charge >= 0.3 is 6.03 Å². The number of carbonyl (C=O) groups excluding carboxylic acids is 1. The fraction of sp³-hybridized carbons (Fsp3) is 0.350. The molecule has 8 heteroatoms. The smallest absolute Gasteiger partial charge is 0.319 e. The lowest BCUT2D eigenvalue weighted by molar-refractivity contribution is 0.252. The first-order valence-electron chi connectivity index (χ1n) is 9.18. The summed E-state index contributed by atoms with van der Waals surface area (Å²) in [6.07, 6.45) is 1.31. The van der Waals surface area contributed by atoms with Crippen molar-refractivity contribution in [3.05, 3.63) is 53.6 Å². The van der Waals surface area contributed by atoms with Crippen LogP contribution in [-0.4, -0.2) is 40.4 Å². The van der Waals surface area contributed by atoms with Gasteiger partial charge in [0.25, 0.3) is 0 Å². The summed E-state index contributed by atoms with van der Waals surface area (Å²) in [7, 11) is -1.63. The number of ether oxygens (including phenoxy) is 1. The van der Waals surface area contributed by atoms with E-state index in [0.29, 0.717) is 37.3 Å². The van der Waals surface area contributed by atoms with Crippen LogP contribution in [0.4, 0.5) is 16.2 Å². The summed E-state index contributed by atoms with van der Waals surface area (Å²) in [5.74, 6) is 0.958. The van der Waals surface area contributed by atoms with Gasteiger partial charge in [0.15, 0.2) is 0 Å². The molecule has 1 fully saturated rings. The number of carbonyl (C=O) groups is 1. The van der Waals surface area contributed by atoms with Gasteiger partial charge in [0.1, 0.15) is 5.75 Å². The molecule has 7 nitrogen and oxygen atoms in total. The maximum absolute atomic E-state index is 12.2. The van der Waals surface area contributed by atoms with E-state index in [1.807, 2.05) is 37.3 Å². The van der Waals surface area contributed by atoms with E-state index in [2.05, 4.69) is 10.6 Å². The molecule has 0 aromatic heterocycles. The summed E-state index contributed by atoms with van der Waals surface area (Å²) in [6.45, 7) is 2.82. The van der Waals surface area contributed by atoms with Gasteiger partial charge < -0.3 is 15.4 Å². The van der Waals surface area contributed by atoms with Crippen LogP contribution in [0.25, 0.3) is 0 Å². The van der Waals surface area contributed by atoms with Crippen molar-refractivity contribution in [1.82, 2.24) is 5.32 Å². The molecule has 2 aromatic rings. The van der Waals surface area contributed by atoms with Gasteiger partial charge in [-0.15, -0.1) is 0 Å². The zero-order chi connectivity index (χ0) is 20.1. The Labute approximate surface area is 165 Å². The second kappa shape index (κ2) is 8.52. The van der Waals surface area contributed by atoms with Crippen LogP contribution < -0.4 is 19.7 Å². The number of anilines is 2. The molecule has 0 aliphatic carbocycles. The Balaban J connectivity index is 1.58. The van der Waals surface area contributed by atoms with Crippen molar-refractivity contribution in [2.75, 3.05) is 35.6 Å². The molecule has 2 amide bonds. The normalized spacial score (nSPS) is 15.3. The van der Waals surface area contributed by atoms with Gasteiger partial charge in [-0.25, -0.2) is 13.2 Å². The van der Waals surface area contributed by atoms with E-state index >= 15 is 0 Å². The largest absolute Gasteiger partial charge is 0.497 e. The zero-order valence-corrected chi connectivity index (χ0v) is 16.9. The van der Waals surface area contributed by atoms with Gasteiger partial charge in [-0.2, -0.15) is 0 Å². The fourth-order valence-electron chi connectivity index (χ4n) is 3.11. The lowest BCUT2D eigenvalue weighted by Crippen LogP contribution is -2.31. The van der Waals surface area contributed by atoms with Gasteiger partial charge in [-0.1, -0.05) is 18.2 Å². The number of amides is 2. The van der Waals surface area contributed by atoms with Crippen molar-refractivity contribution in [1.29, 1.82) is 0 Å². The second-order valence-electron chi connectivity index (χ2n) is 6.72. The van der Waals surface area contributed by atoms with Crippen LogP contribution >= 0.6 is 0 Å². The third-order valence-electron chi connectivity index (χ3n) is 4.71. The molecule has 0 spiro atoms. The highest BCUT2D eigenvalue weighted by Crippen LogP contribution is 2.28. The number of sulfonamides is 1. The summed E-state index contributed by atoms with van der Waals surface area (Å²) < 4.78 is 30.8. The minimum absolute atomic E-state index is 0.162. The first-order chi connectivity index (χ1) is 13.4. The van der Waals surface area contributed by atoms with Crippen LogP contribution in [0.5, 0.6) is 5.75 Å². The molecule has 0 radical (unpaired) electrons. The number of nitrogens with zero attached hydrogens (tertiary/aromatic N) is 1. The molecule has 1 aliphatic rings. The molecule has 28 heavy (non-hydrogen) atoms. The maximum atomic E-state index is 12.2. The highest BCUT2D eigenvalue weighted by Gasteiger charge is 2.28. The summed E-state index contributed by atoms with van der Waals surface area (Å²) in [5.41, 5.74) is 3.14. The molecule has 0 saturated carbocycles. The average Bonchev–Trinajstić information content (AvgIpc) is 3.03. The number of nitrogens with one attached hydrogen (secondary N) is 2. The van der Waals surface area contributed by atoms with Gasteiger partial charge in [0, 0.05) is 18.8 Å². The van der Waals surface area contributed by atoms with Crippen molar-refractivity contribution >= 4 is 27.4 Å². The third kappa shape index (κ3) is 4.75. The Bertz CT molecular complexity index is 942. The van der Waals surface area contributed by atoms with Gasteiger partial charge in [0.2, 0.25) is 10.0 Å². The number of rotatable bonds is 6. The van der Waals surface area contributed by atoms with E-state index in [0.717, 1.165) is 16.9 Å². The minimum Gasteiger partial charge on any atom is -0.497 e. The Hall–Kier alpha value is -2.74. The Morgan fingerprint density at radius 1 is 1.18 bits per heavy atom. The van der Waals surface area contributed by atoms with Crippen molar-refractivity contribution in [3.8, 4) is 5.75 Å². The van der Waals surface area contributed by atoms with Crippen molar-refractivity contribution in [2.24, 2.45) is 0 Å². The van der Waals surface area contributed by atoms with Crippen molar-refractivity contribution < 1.29 is 17.9 Å². The van der Waals surface area contributed by atoms with Crippen LogP contribution in [0.1, 0.15) is 17.5 Å². The van der Waals surface area contributed by atoms with Gasteiger partial charge in [-0.05, 0) is 55.2 Å². The minimum atomic E-state index is -3.25. The Morgan fingerprint density at radius 3 is 2.57 bits per heavy atom. The molecule has 0 bridgehead atoms. The molecule has 1 aliphatic heterocycles. The number of urea groups is 1. The van der Waals surface area contributed by atoms with Crippen LogP contribution in [0.15, 0.2) is 42.5 Å². The lowest BCUT2D eigenvalue weighted by atomic mass is 10.1. The fourth-order valence-corrected chi connectivity index (χ4v) is 4.66. The van der Waals surface area contributed by atoms with Crippen LogP contribution in [0, 0.1) is 6.92 Å². The molecule has 1 saturated heterocycles. The van der Waals surface area contributed by atoms with E-state index in [-0.39, 0.29) is 11.8 Å². The molecule has 1 heterocycles. The van der Waals surface area contributed by atoms with E-state index in [1.165, 1.54) is 4.31 Å². The van der Waals surface area contributed by atoms with Crippen LogP contribution in [0.2, 0.25) is 0 Å². The first kappa shape index (κ1) is 20.0. The molecular formula is C20H25N3O4S. The molecule has 3 rings (SSSR count). The van der Waals surface area contributed by atoms with Crippen molar-refractivity contribution in [3.63, 3.8) is 0 Å². The van der Waals surface area contributed by atoms with Crippen molar-refractivity contribution in [2.45, 2.75) is 19.8 Å². The molecule has 2 N–H and O–H groups in total. The van der Waals surface area contributed by atoms with Crippen LogP contribution in [-0.2, 0) is 16.4 Å². The van der Waals surface area contributed by atoms with Gasteiger partial charge in [0.05, 0.1) is 18.6 Å². The average molecular weight is 404 g/mol. The predicted octanol–water partition coefficient (Wildman–Crippen LogP) is 2.91. The maximum Gasteiger partial charge on any atom is 0.319 e. The van der Waals surface area contributed by atoms with Gasteiger partial charge in [-0.3, -0.25) is 4.31 Å². The summed E-state index contributed by atoms with van der Waals surface area (Å²) in [5, 5.41) is 5.64. The number of hydrogen-bond donors (Lipinski definition) is 2. The van der Waals surface area contributed by atoms with E-state index in [1.54, 1.807) is 19.2 Å². The number of methoxy groups -OCH3 is 1.